The maximum absolute atomic E-state index is 12.6. The Hall–Kier alpha value is -1.89. The fraction of sp³-hybridized carbons (Fsp3) is 0.429. The van der Waals surface area contributed by atoms with Crippen LogP contribution in [0.4, 0.5) is 13.2 Å². The van der Waals surface area contributed by atoms with Crippen LogP contribution in [0.1, 0.15) is 25.0 Å². The monoisotopic (exact) mass is 298 g/mol. The molecule has 0 aliphatic heterocycles. The second-order valence-corrected chi connectivity index (χ2v) is 5.18. The van der Waals surface area contributed by atoms with Gasteiger partial charge in [-0.3, -0.25) is 0 Å². The molecule has 2 aromatic heterocycles. The molecule has 4 nitrogen and oxygen atoms in total. The van der Waals surface area contributed by atoms with Gasteiger partial charge in [-0.2, -0.15) is 18.3 Å². The van der Waals surface area contributed by atoms with Gasteiger partial charge in [0.15, 0.2) is 5.82 Å². The predicted molar refractivity (Wildman–Crippen MR) is 72.9 cm³/mol. The van der Waals surface area contributed by atoms with E-state index in [9.17, 15) is 13.2 Å². The highest BCUT2D eigenvalue weighted by molar-refractivity contribution is 5.33. The number of rotatable bonds is 5. The molecule has 0 spiro atoms. The van der Waals surface area contributed by atoms with E-state index in [1.54, 1.807) is 6.07 Å². The van der Waals surface area contributed by atoms with Crippen LogP contribution in [-0.4, -0.2) is 21.3 Å². The molecule has 0 saturated heterocycles. The molecule has 0 fully saturated rings. The van der Waals surface area contributed by atoms with Gasteiger partial charge in [-0.1, -0.05) is 19.9 Å². The Balaban J connectivity index is 2.21. The average Bonchev–Trinajstić information content (AvgIpc) is 2.88. The van der Waals surface area contributed by atoms with Crippen molar-refractivity contribution in [3.8, 4) is 5.82 Å². The minimum Gasteiger partial charge on any atom is -0.312 e. The third-order valence-electron chi connectivity index (χ3n) is 2.86. The quantitative estimate of drug-likeness (QED) is 0.922. The average molecular weight is 298 g/mol. The van der Waals surface area contributed by atoms with Crippen LogP contribution < -0.4 is 5.32 Å². The highest BCUT2D eigenvalue weighted by Crippen LogP contribution is 2.29. The first-order valence-corrected chi connectivity index (χ1v) is 6.65. The van der Waals surface area contributed by atoms with Crippen molar-refractivity contribution in [1.82, 2.24) is 20.1 Å². The zero-order valence-corrected chi connectivity index (χ0v) is 11.9. The van der Waals surface area contributed by atoms with E-state index < -0.39 is 11.7 Å². The van der Waals surface area contributed by atoms with Gasteiger partial charge >= 0.3 is 6.18 Å². The van der Waals surface area contributed by atoms with E-state index in [0.717, 1.165) is 29.2 Å². The number of hydrogen-bond donors (Lipinski definition) is 1. The third kappa shape index (κ3) is 4.04. The van der Waals surface area contributed by atoms with Crippen molar-refractivity contribution in [1.29, 1.82) is 0 Å². The van der Waals surface area contributed by atoms with Crippen molar-refractivity contribution in [2.75, 3.05) is 6.54 Å². The van der Waals surface area contributed by atoms with E-state index in [1.165, 1.54) is 6.20 Å². The first kappa shape index (κ1) is 15.5. The van der Waals surface area contributed by atoms with Crippen molar-refractivity contribution < 1.29 is 13.2 Å². The molecule has 0 radical (unpaired) electrons. The lowest BCUT2D eigenvalue weighted by Crippen LogP contribution is -2.20. The molecule has 2 rings (SSSR count). The summed E-state index contributed by atoms with van der Waals surface area (Å²) in [6, 6.07) is 3.58. The Bertz CT molecular complexity index is 590. The van der Waals surface area contributed by atoms with E-state index >= 15 is 0 Å². The SMILES string of the molecule is CC(C)CNCc1cccnc1-n1cc(C(F)(F)F)cn1. The lowest BCUT2D eigenvalue weighted by molar-refractivity contribution is -0.137. The Morgan fingerprint density at radius 3 is 2.71 bits per heavy atom. The molecular weight excluding hydrogens is 281 g/mol. The van der Waals surface area contributed by atoms with Crippen molar-refractivity contribution >= 4 is 0 Å². The molecule has 7 heteroatoms. The number of hydrogen-bond acceptors (Lipinski definition) is 3. The number of nitrogens with zero attached hydrogens (tertiary/aromatic N) is 3. The molecule has 0 aromatic carbocycles. The summed E-state index contributed by atoms with van der Waals surface area (Å²) >= 11 is 0. The van der Waals surface area contributed by atoms with Crippen molar-refractivity contribution in [3.63, 3.8) is 0 Å². The second-order valence-electron chi connectivity index (χ2n) is 5.18. The molecular formula is C14H17F3N4. The van der Waals surface area contributed by atoms with Crippen molar-refractivity contribution in [2.24, 2.45) is 5.92 Å². The molecule has 2 heterocycles. The van der Waals surface area contributed by atoms with Gasteiger partial charge in [0.1, 0.15) is 0 Å². The molecule has 1 N–H and O–H groups in total. The van der Waals surface area contributed by atoms with E-state index in [0.29, 0.717) is 18.3 Å². The molecule has 0 aliphatic rings. The van der Waals surface area contributed by atoms with Gasteiger partial charge in [-0.15, -0.1) is 0 Å². The highest BCUT2D eigenvalue weighted by atomic mass is 19.4. The van der Waals surface area contributed by atoms with Crippen LogP contribution in [0.5, 0.6) is 0 Å². The van der Waals surface area contributed by atoms with E-state index in [4.69, 9.17) is 0 Å². The first-order valence-electron chi connectivity index (χ1n) is 6.65. The molecule has 0 bridgehead atoms. The van der Waals surface area contributed by atoms with Crippen molar-refractivity contribution in [3.05, 3.63) is 41.9 Å². The molecule has 0 amide bonds. The van der Waals surface area contributed by atoms with Gasteiger partial charge in [-0.05, 0) is 18.5 Å². The minimum absolute atomic E-state index is 0.407. The second kappa shape index (κ2) is 6.26. The summed E-state index contributed by atoms with van der Waals surface area (Å²) in [6.07, 6.45) is -1.10. The van der Waals surface area contributed by atoms with Crippen LogP contribution in [0, 0.1) is 5.92 Å². The Morgan fingerprint density at radius 2 is 2.10 bits per heavy atom. The van der Waals surface area contributed by atoms with Gasteiger partial charge in [0.25, 0.3) is 0 Å². The summed E-state index contributed by atoms with van der Waals surface area (Å²) in [6.45, 7) is 5.52. The zero-order chi connectivity index (χ0) is 15.5. The Morgan fingerprint density at radius 1 is 1.33 bits per heavy atom. The van der Waals surface area contributed by atoms with Crippen LogP contribution in [0.15, 0.2) is 30.7 Å². The van der Waals surface area contributed by atoms with Gasteiger partial charge in [0.2, 0.25) is 0 Å². The van der Waals surface area contributed by atoms with Crippen LogP contribution in [0.2, 0.25) is 0 Å². The highest BCUT2D eigenvalue weighted by Gasteiger charge is 2.32. The van der Waals surface area contributed by atoms with Gasteiger partial charge in [0, 0.05) is 24.5 Å². The standard InChI is InChI=1S/C14H17F3N4/c1-10(2)6-18-7-11-4-3-5-19-13(11)21-9-12(8-20-21)14(15,16)17/h3-5,8-10,18H,6-7H2,1-2H3. The Labute approximate surface area is 121 Å². The summed E-state index contributed by atoms with van der Waals surface area (Å²) in [5.74, 6) is 0.899. The number of halogens is 3. The lowest BCUT2D eigenvalue weighted by Gasteiger charge is -2.11. The molecule has 21 heavy (non-hydrogen) atoms. The van der Waals surface area contributed by atoms with Crippen LogP contribution in [0.3, 0.4) is 0 Å². The third-order valence-corrected chi connectivity index (χ3v) is 2.86. The summed E-state index contributed by atoms with van der Waals surface area (Å²) in [5, 5.41) is 7.01. The molecule has 0 atom stereocenters. The van der Waals surface area contributed by atoms with Gasteiger partial charge < -0.3 is 5.32 Å². The molecule has 2 aromatic rings. The molecule has 0 unspecified atom stereocenters. The van der Waals surface area contributed by atoms with Crippen LogP contribution >= 0.6 is 0 Å². The number of nitrogens with one attached hydrogen (secondary N) is 1. The summed E-state index contributed by atoms with van der Waals surface area (Å²) in [7, 11) is 0. The fourth-order valence-corrected chi connectivity index (χ4v) is 1.86. The maximum atomic E-state index is 12.6. The topological polar surface area (TPSA) is 42.7 Å². The fourth-order valence-electron chi connectivity index (χ4n) is 1.86. The lowest BCUT2D eigenvalue weighted by atomic mass is 10.2. The molecule has 0 saturated carbocycles. The molecule has 0 aliphatic carbocycles. The summed E-state index contributed by atoms with van der Waals surface area (Å²) in [4.78, 5) is 4.14. The predicted octanol–water partition coefficient (Wildman–Crippen LogP) is 3.03. The molecule has 114 valence electrons. The number of pyridine rings is 1. The zero-order valence-electron chi connectivity index (χ0n) is 11.9. The van der Waals surface area contributed by atoms with Gasteiger partial charge in [-0.25, -0.2) is 9.67 Å². The van der Waals surface area contributed by atoms with E-state index in [1.807, 2.05) is 6.07 Å². The summed E-state index contributed by atoms with van der Waals surface area (Å²) < 4.78 is 39.0. The Kier molecular flexibility index (Phi) is 4.62. The van der Waals surface area contributed by atoms with Crippen LogP contribution in [-0.2, 0) is 12.7 Å². The first-order chi connectivity index (χ1) is 9.88. The summed E-state index contributed by atoms with van der Waals surface area (Å²) in [5.41, 5.74) is 0.0178. The van der Waals surface area contributed by atoms with E-state index in [2.05, 4.69) is 29.2 Å². The smallest absolute Gasteiger partial charge is 0.312 e. The van der Waals surface area contributed by atoms with Crippen molar-refractivity contribution in [2.45, 2.75) is 26.6 Å². The number of alkyl halides is 3. The minimum atomic E-state index is -4.40. The number of aromatic nitrogens is 3. The largest absolute Gasteiger partial charge is 0.419 e. The normalized spacial score (nSPS) is 12.1. The maximum Gasteiger partial charge on any atom is 0.419 e. The van der Waals surface area contributed by atoms with Gasteiger partial charge in [0.05, 0.1) is 11.8 Å². The van der Waals surface area contributed by atoms with E-state index in [-0.39, 0.29) is 0 Å². The van der Waals surface area contributed by atoms with Crippen LogP contribution in [0.25, 0.3) is 5.82 Å².